The van der Waals surface area contributed by atoms with Crippen LogP contribution in [0.25, 0.3) is 0 Å². The Bertz CT molecular complexity index is 3170. The van der Waals surface area contributed by atoms with Gasteiger partial charge in [0.05, 0.1) is 29.8 Å². The third kappa shape index (κ3) is 14.4. The van der Waals surface area contributed by atoms with Crippen molar-refractivity contribution in [2.75, 3.05) is 103 Å². The topological polar surface area (TPSA) is 224 Å². The van der Waals surface area contributed by atoms with Crippen molar-refractivity contribution in [3.05, 3.63) is 185 Å². The smallest absolute Gasteiger partial charge is 0.341 e. The second-order valence-electron chi connectivity index (χ2n) is 19.7. The Morgan fingerprint density at radius 2 is 1.00 bits per heavy atom. The molecule has 0 radical (unpaired) electrons. The number of benzene rings is 5. The number of para-hydroxylation sites is 5. The summed E-state index contributed by atoms with van der Waals surface area (Å²) in [5.41, 5.74) is 17.6. The van der Waals surface area contributed by atoms with Crippen molar-refractivity contribution in [2.45, 2.75) is 57.2 Å². The van der Waals surface area contributed by atoms with Gasteiger partial charge in [0.2, 0.25) is 11.9 Å². The van der Waals surface area contributed by atoms with Crippen molar-refractivity contribution in [3.63, 3.8) is 0 Å². The number of ether oxygens (including phenoxy) is 1. The van der Waals surface area contributed by atoms with Gasteiger partial charge in [-0.25, -0.2) is 29.5 Å². The number of aromatic nitrogens is 4. The maximum absolute atomic E-state index is 11.6. The number of anilines is 7. The van der Waals surface area contributed by atoms with E-state index in [1.807, 2.05) is 79.8 Å². The van der Waals surface area contributed by atoms with Gasteiger partial charge < -0.3 is 51.1 Å². The quantitative estimate of drug-likeness (QED) is 0.0937. The summed E-state index contributed by atoms with van der Waals surface area (Å²) in [5, 5.41) is 18.7. The summed E-state index contributed by atoms with van der Waals surface area (Å²) in [6.07, 6.45) is 9.87. The summed E-state index contributed by atoms with van der Waals surface area (Å²) >= 11 is 0. The number of Topliss-reactive ketones (excluding diaryl/α,β-unsaturated/α-hetero) is 2. The first-order chi connectivity index (χ1) is 38.3. The van der Waals surface area contributed by atoms with Crippen LogP contribution in [0.3, 0.4) is 0 Å². The molecule has 79 heavy (non-hydrogen) atoms. The van der Waals surface area contributed by atoms with Gasteiger partial charge in [0.25, 0.3) is 0 Å². The van der Waals surface area contributed by atoms with E-state index < -0.39 is 11.9 Å². The molecule has 3 atom stereocenters. The summed E-state index contributed by atoms with van der Waals surface area (Å²) in [4.78, 5) is 70.5. The molecule has 6 N–H and O–H groups in total. The van der Waals surface area contributed by atoms with E-state index in [4.69, 9.17) is 15.6 Å². The van der Waals surface area contributed by atoms with Crippen LogP contribution in [0.5, 0.6) is 0 Å². The van der Waals surface area contributed by atoms with E-state index in [0.29, 0.717) is 36.9 Å². The van der Waals surface area contributed by atoms with Gasteiger partial charge >= 0.3 is 11.9 Å². The zero-order valence-corrected chi connectivity index (χ0v) is 45.5. The van der Waals surface area contributed by atoms with Gasteiger partial charge in [-0.15, -0.1) is 0 Å². The number of nitrogens with two attached hydrogens (primary N) is 1. The van der Waals surface area contributed by atoms with E-state index in [-0.39, 0.29) is 35.3 Å². The molecule has 0 aliphatic carbocycles. The third-order valence-electron chi connectivity index (χ3n) is 14.3. The van der Waals surface area contributed by atoms with Crippen molar-refractivity contribution >= 4 is 63.8 Å². The fraction of sp³-hybridized carbons (Fsp3) is 0.311. The molecule has 0 amide bonds. The van der Waals surface area contributed by atoms with Gasteiger partial charge in [0.15, 0.2) is 11.6 Å². The average Bonchev–Trinajstić information content (AvgIpc) is 3.48. The molecule has 0 fully saturated rings. The highest BCUT2D eigenvalue weighted by Gasteiger charge is 2.26. The molecular formula is C61H70N12O6. The average molecular weight is 1070 g/mol. The number of hydrogen-bond donors (Lipinski definition) is 5. The molecule has 3 unspecified atom stereocenters. The van der Waals surface area contributed by atoms with E-state index in [1.165, 1.54) is 58.5 Å². The second kappa shape index (κ2) is 26.9. The summed E-state index contributed by atoms with van der Waals surface area (Å²) in [6, 6.07) is 40.8. The van der Waals surface area contributed by atoms with Gasteiger partial charge in [0, 0.05) is 144 Å². The van der Waals surface area contributed by atoms with Gasteiger partial charge in [0.1, 0.15) is 0 Å². The number of nitrogens with one attached hydrogen (secondary N) is 3. The zero-order valence-electron chi connectivity index (χ0n) is 45.5. The zero-order chi connectivity index (χ0) is 55.8. The van der Waals surface area contributed by atoms with E-state index in [9.17, 15) is 19.2 Å². The van der Waals surface area contributed by atoms with Gasteiger partial charge in [-0.3, -0.25) is 9.59 Å². The Morgan fingerprint density at radius 1 is 0.570 bits per heavy atom. The number of fused-ring (bicyclic) bond motifs is 5. The van der Waals surface area contributed by atoms with E-state index in [1.54, 1.807) is 6.92 Å². The number of carboxylic acid groups (broad SMARTS) is 1. The minimum absolute atomic E-state index is 0.0873. The molecule has 18 heteroatoms. The lowest BCUT2D eigenvalue weighted by molar-refractivity contribution is 0.0524. The van der Waals surface area contributed by atoms with Crippen LogP contribution in [0.4, 0.5) is 40.3 Å². The molecule has 2 aromatic heterocycles. The molecule has 0 spiro atoms. The first-order valence-corrected chi connectivity index (χ1v) is 26.7. The van der Waals surface area contributed by atoms with Crippen molar-refractivity contribution in [3.8, 4) is 0 Å². The summed E-state index contributed by atoms with van der Waals surface area (Å²) < 4.78 is 4.93. The molecule has 5 aliphatic rings. The molecule has 5 aliphatic heterocycles. The number of carbonyl (C=O) groups is 4. The van der Waals surface area contributed by atoms with Crippen LogP contribution in [0, 0.1) is 0 Å². The first kappa shape index (κ1) is 56.3. The normalized spacial score (nSPS) is 17.4. The van der Waals surface area contributed by atoms with E-state index in [2.05, 4.69) is 125 Å². The van der Waals surface area contributed by atoms with Gasteiger partial charge in [-0.2, -0.15) is 0 Å². The summed E-state index contributed by atoms with van der Waals surface area (Å²) in [6.45, 7) is 6.71. The fourth-order valence-electron chi connectivity index (χ4n) is 9.95. The predicted molar refractivity (Wildman–Crippen MR) is 312 cm³/mol. The molecule has 12 rings (SSSR count). The number of nitrogens with zero attached hydrogens (tertiary/aromatic N) is 8. The minimum atomic E-state index is -1.02. The van der Waals surface area contributed by atoms with Crippen LogP contribution >= 0.6 is 0 Å². The lowest BCUT2D eigenvalue weighted by Crippen LogP contribution is -2.30. The number of hydrogen-bond acceptors (Lipinski definition) is 17. The monoisotopic (exact) mass is 1070 g/mol. The van der Waals surface area contributed by atoms with E-state index >= 15 is 0 Å². The molecular weight excluding hydrogens is 997 g/mol. The first-order valence-electron chi connectivity index (χ1n) is 26.7. The Kier molecular flexibility index (Phi) is 19.2. The van der Waals surface area contributed by atoms with Crippen LogP contribution in [-0.4, -0.2) is 116 Å². The lowest BCUT2D eigenvalue weighted by Gasteiger charge is -2.33. The maximum atomic E-state index is 11.6. The molecule has 18 nitrogen and oxygen atoms in total. The SMILES string of the molecule is CCOC(=O)c1cnc(NC2CCN(C)c3ccccc32)nc1.CN1CCC(=O)c2ccccc21.CN1CCC(N)c2ccccc21.CN1CCC(Nc2ncc(C(=O)O)cn2)c2ccccc21.O=C1CCNc2ccccc21. The van der Waals surface area contributed by atoms with Crippen molar-refractivity contribution in [1.82, 2.24) is 19.9 Å². The van der Waals surface area contributed by atoms with Gasteiger partial charge in [-0.05, 0) is 85.3 Å². The van der Waals surface area contributed by atoms with Crippen LogP contribution in [0.2, 0.25) is 0 Å². The van der Waals surface area contributed by atoms with Crippen LogP contribution in [0.1, 0.15) is 115 Å². The second-order valence-corrected chi connectivity index (χ2v) is 19.7. The predicted octanol–water partition coefficient (Wildman–Crippen LogP) is 9.73. The molecule has 5 aromatic carbocycles. The fourth-order valence-corrected chi connectivity index (χ4v) is 9.95. The highest BCUT2D eigenvalue weighted by Crippen LogP contribution is 2.36. The van der Waals surface area contributed by atoms with Crippen molar-refractivity contribution in [2.24, 2.45) is 5.73 Å². The number of carboxylic acids is 1. The molecule has 7 aromatic rings. The van der Waals surface area contributed by atoms with Gasteiger partial charge in [-0.1, -0.05) is 78.9 Å². The number of rotatable bonds is 7. The van der Waals surface area contributed by atoms with Crippen molar-refractivity contribution in [1.29, 1.82) is 0 Å². The number of aromatic carboxylic acids is 1. The molecule has 0 saturated heterocycles. The summed E-state index contributed by atoms with van der Waals surface area (Å²) in [5.74, 6) is 0.0599. The van der Waals surface area contributed by atoms with Crippen LogP contribution < -0.4 is 41.3 Å². The standard InChI is InChI=1S/C17H20N4O2.C15H16N4O2.C10H14N2.C10H11NO.C9H9NO/c1-3-23-16(22)12-10-18-17(19-11-12)20-14-8-9-21(2)15-7-5-4-6-13(14)15;1-19-7-6-12(11-4-2-3-5-13(11)19)18-15-16-8-10(9-17-15)14(20)21;1-12-7-6-9(11)8-4-2-3-5-10(8)12;1-11-7-6-10(12)8-4-2-3-5-9(8)11;11-9-5-6-10-8-4-2-1-3-7(8)9/h4-7,10-11,14H,3,8-9H2,1-2H3,(H,18,19,20);2-5,8-9,12H,6-7H2,1H3,(H,20,21)(H,16,17,18);2-5,9H,6-7,11H2,1H3;2-5H,6-7H2,1H3;1-4,10H,5-6H2. The number of esters is 1. The number of carbonyl (C=O) groups excluding carboxylic acids is 3. The highest BCUT2D eigenvalue weighted by molar-refractivity contribution is 6.03. The Balaban J connectivity index is 0.000000134. The Hall–Kier alpha value is -8.90. The Labute approximate surface area is 462 Å². The molecule has 7 heterocycles. The van der Waals surface area contributed by atoms with Crippen LogP contribution in [-0.2, 0) is 4.74 Å². The molecule has 0 saturated carbocycles. The Morgan fingerprint density at radius 3 is 1.51 bits per heavy atom. The number of ketones is 2. The molecule has 0 bridgehead atoms. The molecule has 410 valence electrons. The highest BCUT2D eigenvalue weighted by atomic mass is 16.5. The minimum Gasteiger partial charge on any atom is -0.478 e. The summed E-state index contributed by atoms with van der Waals surface area (Å²) in [7, 11) is 8.31. The maximum Gasteiger partial charge on any atom is 0.341 e. The third-order valence-corrected chi connectivity index (χ3v) is 14.3. The largest absolute Gasteiger partial charge is 0.478 e. The van der Waals surface area contributed by atoms with E-state index in [0.717, 1.165) is 74.5 Å². The van der Waals surface area contributed by atoms with Crippen LogP contribution in [0.15, 0.2) is 146 Å². The van der Waals surface area contributed by atoms with Crippen molar-refractivity contribution < 1.29 is 29.0 Å². The lowest BCUT2D eigenvalue weighted by atomic mass is 9.97.